The second kappa shape index (κ2) is 9.42. The molecule has 0 aromatic heterocycles. The standard InChI is InChI=1S/C26H37N3O3/c30-25(31)10-5-19-3-7-23(8-4-19)28-15-16-29(26(28)32)24-9-6-21-11-13-27(18-20-1-2-20)14-12-22(21)17-24/h6,9,17,19-20,23H,1-5,7-8,10-16,18H2,(H,30,31). The number of urea groups is 1. The molecule has 0 bridgehead atoms. The van der Waals surface area contributed by atoms with Crippen molar-refractivity contribution in [2.45, 2.75) is 70.3 Å². The number of nitrogens with zero attached hydrogens (tertiary/aromatic N) is 3. The molecule has 2 saturated carbocycles. The maximum Gasteiger partial charge on any atom is 0.324 e. The Morgan fingerprint density at radius 2 is 1.62 bits per heavy atom. The van der Waals surface area contributed by atoms with Gasteiger partial charge in [0, 0.05) is 50.9 Å². The summed E-state index contributed by atoms with van der Waals surface area (Å²) in [6.45, 7) is 5.13. The summed E-state index contributed by atoms with van der Waals surface area (Å²) in [6, 6.07) is 7.16. The molecule has 2 aliphatic carbocycles. The first-order chi connectivity index (χ1) is 15.6. The van der Waals surface area contributed by atoms with Crippen molar-refractivity contribution in [2.24, 2.45) is 11.8 Å². The Balaban J connectivity index is 1.18. The van der Waals surface area contributed by atoms with E-state index in [0.717, 1.165) is 82.7 Å². The lowest BCUT2D eigenvalue weighted by molar-refractivity contribution is -0.137. The summed E-state index contributed by atoms with van der Waals surface area (Å²) in [5.41, 5.74) is 3.93. The minimum absolute atomic E-state index is 0.155. The summed E-state index contributed by atoms with van der Waals surface area (Å²) in [6.07, 6.45) is 10.1. The summed E-state index contributed by atoms with van der Waals surface area (Å²) >= 11 is 0. The van der Waals surface area contributed by atoms with Crippen LogP contribution < -0.4 is 4.90 Å². The van der Waals surface area contributed by atoms with Crippen LogP contribution in [0.5, 0.6) is 0 Å². The Labute approximate surface area is 191 Å². The van der Waals surface area contributed by atoms with Gasteiger partial charge in [0.15, 0.2) is 0 Å². The van der Waals surface area contributed by atoms with Crippen LogP contribution >= 0.6 is 0 Å². The quantitative estimate of drug-likeness (QED) is 0.693. The number of carboxylic acid groups (broad SMARTS) is 1. The van der Waals surface area contributed by atoms with E-state index in [4.69, 9.17) is 5.11 Å². The first-order valence-corrected chi connectivity index (χ1v) is 12.7. The number of fused-ring (bicyclic) bond motifs is 1. The molecule has 1 saturated heterocycles. The van der Waals surface area contributed by atoms with Crippen LogP contribution in [0, 0.1) is 11.8 Å². The van der Waals surface area contributed by atoms with Crippen molar-refractivity contribution in [3.8, 4) is 0 Å². The summed E-state index contributed by atoms with van der Waals surface area (Å²) in [5, 5.41) is 8.92. The number of aliphatic carboxylic acids is 1. The van der Waals surface area contributed by atoms with Gasteiger partial charge >= 0.3 is 12.0 Å². The molecule has 5 rings (SSSR count). The fourth-order valence-electron chi connectivity index (χ4n) is 5.98. The summed E-state index contributed by atoms with van der Waals surface area (Å²) in [7, 11) is 0. The highest BCUT2D eigenvalue weighted by atomic mass is 16.4. The van der Waals surface area contributed by atoms with E-state index in [0.29, 0.717) is 12.0 Å². The minimum atomic E-state index is -0.700. The first kappa shape index (κ1) is 21.7. The van der Waals surface area contributed by atoms with E-state index in [-0.39, 0.29) is 12.5 Å². The van der Waals surface area contributed by atoms with Crippen LogP contribution in [0.15, 0.2) is 18.2 Å². The van der Waals surface area contributed by atoms with Crippen LogP contribution in [-0.4, -0.2) is 65.7 Å². The number of carbonyl (C=O) groups excluding carboxylic acids is 1. The Hall–Kier alpha value is -2.08. The average Bonchev–Trinajstić information content (AvgIpc) is 3.57. The van der Waals surface area contributed by atoms with Crippen molar-refractivity contribution in [1.29, 1.82) is 0 Å². The molecular weight excluding hydrogens is 402 g/mol. The highest BCUT2D eigenvalue weighted by Gasteiger charge is 2.36. The van der Waals surface area contributed by atoms with Gasteiger partial charge < -0.3 is 14.9 Å². The summed E-state index contributed by atoms with van der Waals surface area (Å²) in [4.78, 5) is 30.8. The number of amides is 2. The lowest BCUT2D eigenvalue weighted by Gasteiger charge is -2.34. The zero-order valence-electron chi connectivity index (χ0n) is 19.2. The maximum absolute atomic E-state index is 13.3. The molecule has 4 aliphatic rings. The van der Waals surface area contributed by atoms with Gasteiger partial charge in [0.1, 0.15) is 0 Å². The van der Waals surface area contributed by atoms with E-state index >= 15 is 0 Å². The Bertz CT molecular complexity index is 845. The second-order valence-corrected chi connectivity index (χ2v) is 10.4. The molecule has 2 aliphatic heterocycles. The van der Waals surface area contributed by atoms with Crippen molar-refractivity contribution in [3.63, 3.8) is 0 Å². The van der Waals surface area contributed by atoms with Crippen LogP contribution in [0.2, 0.25) is 0 Å². The number of rotatable bonds is 7. The molecule has 1 aromatic rings. The zero-order valence-corrected chi connectivity index (χ0v) is 19.2. The van der Waals surface area contributed by atoms with Crippen LogP contribution in [0.1, 0.15) is 62.5 Å². The molecule has 2 heterocycles. The molecule has 0 radical (unpaired) electrons. The third kappa shape index (κ3) is 4.95. The molecule has 1 aromatic carbocycles. The van der Waals surface area contributed by atoms with Crippen LogP contribution in [0.3, 0.4) is 0 Å². The van der Waals surface area contributed by atoms with E-state index in [1.54, 1.807) is 0 Å². The highest BCUT2D eigenvalue weighted by Crippen LogP contribution is 2.34. The van der Waals surface area contributed by atoms with Gasteiger partial charge in [-0.15, -0.1) is 0 Å². The number of benzene rings is 1. The third-order valence-corrected chi connectivity index (χ3v) is 8.17. The molecule has 32 heavy (non-hydrogen) atoms. The third-order valence-electron chi connectivity index (χ3n) is 8.17. The largest absolute Gasteiger partial charge is 0.481 e. The zero-order chi connectivity index (χ0) is 22.1. The second-order valence-electron chi connectivity index (χ2n) is 10.4. The van der Waals surface area contributed by atoms with Gasteiger partial charge in [-0.25, -0.2) is 4.79 Å². The molecule has 0 atom stereocenters. The molecule has 3 fully saturated rings. The van der Waals surface area contributed by atoms with Crippen molar-refractivity contribution in [2.75, 3.05) is 37.6 Å². The van der Waals surface area contributed by atoms with E-state index < -0.39 is 5.97 Å². The smallest absolute Gasteiger partial charge is 0.324 e. The monoisotopic (exact) mass is 439 g/mol. The van der Waals surface area contributed by atoms with Gasteiger partial charge in [-0.05, 0) is 92.9 Å². The van der Waals surface area contributed by atoms with Crippen LogP contribution in [0.4, 0.5) is 10.5 Å². The summed E-state index contributed by atoms with van der Waals surface area (Å²) in [5.74, 6) is 0.737. The minimum Gasteiger partial charge on any atom is -0.481 e. The Kier molecular flexibility index (Phi) is 6.40. The lowest BCUT2D eigenvalue weighted by Crippen LogP contribution is -2.41. The Morgan fingerprint density at radius 3 is 2.34 bits per heavy atom. The van der Waals surface area contributed by atoms with Crippen molar-refractivity contribution >= 4 is 17.7 Å². The Morgan fingerprint density at radius 1 is 0.906 bits per heavy atom. The maximum atomic E-state index is 13.3. The van der Waals surface area contributed by atoms with Crippen LogP contribution in [0.25, 0.3) is 0 Å². The highest BCUT2D eigenvalue weighted by molar-refractivity contribution is 5.94. The first-order valence-electron chi connectivity index (χ1n) is 12.7. The summed E-state index contributed by atoms with van der Waals surface area (Å²) < 4.78 is 0. The molecule has 6 nitrogen and oxygen atoms in total. The van der Waals surface area contributed by atoms with Crippen molar-refractivity contribution in [3.05, 3.63) is 29.3 Å². The van der Waals surface area contributed by atoms with E-state index in [2.05, 4.69) is 28.0 Å². The number of hydrogen-bond acceptors (Lipinski definition) is 3. The molecule has 6 heteroatoms. The predicted octanol–water partition coefficient (Wildman–Crippen LogP) is 4.16. The molecule has 0 spiro atoms. The fourth-order valence-corrected chi connectivity index (χ4v) is 5.98. The SMILES string of the molecule is O=C(O)CCC1CCC(N2CCN(c3ccc4c(c3)CCN(CC3CC3)CC4)C2=O)CC1. The van der Waals surface area contributed by atoms with Gasteiger partial charge in [-0.2, -0.15) is 0 Å². The van der Waals surface area contributed by atoms with Crippen molar-refractivity contribution in [1.82, 2.24) is 9.80 Å². The molecule has 174 valence electrons. The molecular formula is C26H37N3O3. The average molecular weight is 440 g/mol. The number of carbonyl (C=O) groups is 2. The van der Waals surface area contributed by atoms with Gasteiger partial charge in [0.2, 0.25) is 0 Å². The van der Waals surface area contributed by atoms with Crippen LogP contribution in [-0.2, 0) is 17.6 Å². The number of carboxylic acids is 1. The lowest BCUT2D eigenvalue weighted by atomic mass is 9.83. The van der Waals surface area contributed by atoms with E-state index in [9.17, 15) is 9.59 Å². The normalized spacial score (nSPS) is 26.8. The topological polar surface area (TPSA) is 64.1 Å². The fraction of sp³-hybridized carbons (Fsp3) is 0.692. The molecule has 1 N–H and O–H groups in total. The molecule has 0 unspecified atom stereocenters. The van der Waals surface area contributed by atoms with E-state index in [1.165, 1.54) is 30.5 Å². The van der Waals surface area contributed by atoms with Gasteiger partial charge in [-0.3, -0.25) is 9.69 Å². The number of hydrogen-bond donors (Lipinski definition) is 1. The van der Waals surface area contributed by atoms with Gasteiger partial charge in [0.05, 0.1) is 0 Å². The molecule has 2 amide bonds. The van der Waals surface area contributed by atoms with Crippen molar-refractivity contribution < 1.29 is 14.7 Å². The van der Waals surface area contributed by atoms with E-state index in [1.807, 2.05) is 4.90 Å². The predicted molar refractivity (Wildman–Crippen MR) is 125 cm³/mol. The van der Waals surface area contributed by atoms with Gasteiger partial charge in [0.25, 0.3) is 0 Å². The van der Waals surface area contributed by atoms with Gasteiger partial charge in [-0.1, -0.05) is 6.07 Å². The number of anilines is 1.